The number of benzene rings is 2. The Hall–Kier alpha value is -2.05. The fourth-order valence-corrected chi connectivity index (χ4v) is 2.59. The highest BCUT2D eigenvalue weighted by Gasteiger charge is 2.30. The second-order valence-corrected chi connectivity index (χ2v) is 5.51. The van der Waals surface area contributed by atoms with Crippen molar-refractivity contribution < 1.29 is 17.6 Å². The SMILES string of the molecule is O=c1oc(-c2cccc(C(F)(F)F)c2)nc2c(Cl)cc(Cl)cc12. The molecule has 0 atom stereocenters. The van der Waals surface area contributed by atoms with Gasteiger partial charge in [-0.1, -0.05) is 29.3 Å². The van der Waals surface area contributed by atoms with Gasteiger partial charge in [-0.05, 0) is 30.3 Å². The van der Waals surface area contributed by atoms with Gasteiger partial charge in [0.05, 0.1) is 16.0 Å². The number of halogens is 5. The Labute approximate surface area is 137 Å². The van der Waals surface area contributed by atoms with E-state index in [-0.39, 0.29) is 32.4 Å². The summed E-state index contributed by atoms with van der Waals surface area (Å²) in [7, 11) is 0. The van der Waals surface area contributed by atoms with Gasteiger partial charge in [0, 0.05) is 10.6 Å². The lowest BCUT2D eigenvalue weighted by atomic mass is 10.1. The molecule has 0 unspecified atom stereocenters. The fraction of sp³-hybridized carbons (Fsp3) is 0.0667. The molecule has 0 saturated heterocycles. The summed E-state index contributed by atoms with van der Waals surface area (Å²) in [6.07, 6.45) is -4.52. The van der Waals surface area contributed by atoms with Crippen molar-refractivity contribution in [2.75, 3.05) is 0 Å². The topological polar surface area (TPSA) is 43.1 Å². The lowest BCUT2D eigenvalue weighted by Crippen LogP contribution is -2.06. The van der Waals surface area contributed by atoms with E-state index < -0.39 is 17.4 Å². The number of hydrogen-bond acceptors (Lipinski definition) is 3. The van der Waals surface area contributed by atoms with Crippen LogP contribution in [-0.4, -0.2) is 4.98 Å². The molecule has 23 heavy (non-hydrogen) atoms. The molecular weight excluding hydrogens is 354 g/mol. The number of alkyl halides is 3. The van der Waals surface area contributed by atoms with Crippen molar-refractivity contribution in [3.63, 3.8) is 0 Å². The molecule has 0 amide bonds. The van der Waals surface area contributed by atoms with Crippen molar-refractivity contribution in [2.24, 2.45) is 0 Å². The molecule has 0 fully saturated rings. The summed E-state index contributed by atoms with van der Waals surface area (Å²) in [6.45, 7) is 0. The Morgan fingerprint density at radius 3 is 2.52 bits per heavy atom. The van der Waals surface area contributed by atoms with E-state index >= 15 is 0 Å². The monoisotopic (exact) mass is 359 g/mol. The van der Waals surface area contributed by atoms with Crippen LogP contribution in [0.4, 0.5) is 13.2 Å². The van der Waals surface area contributed by atoms with Gasteiger partial charge in [-0.25, -0.2) is 9.78 Å². The standard InChI is InChI=1S/C15H6Cl2F3NO2/c16-9-5-10-12(11(17)6-9)21-13(23-14(10)22)7-2-1-3-8(4-7)15(18,19)20/h1-6H. The highest BCUT2D eigenvalue weighted by Crippen LogP contribution is 2.32. The molecule has 118 valence electrons. The van der Waals surface area contributed by atoms with E-state index in [1.54, 1.807) is 0 Å². The first-order valence-corrected chi connectivity index (χ1v) is 6.99. The minimum absolute atomic E-state index is 0.0184. The number of nitrogens with zero attached hydrogens (tertiary/aromatic N) is 1. The van der Waals surface area contributed by atoms with Crippen molar-refractivity contribution in [3.05, 3.63) is 62.4 Å². The van der Waals surface area contributed by atoms with Gasteiger partial charge in [-0.3, -0.25) is 0 Å². The predicted molar refractivity (Wildman–Crippen MR) is 80.7 cm³/mol. The first-order chi connectivity index (χ1) is 10.8. The Kier molecular flexibility index (Phi) is 3.82. The van der Waals surface area contributed by atoms with E-state index in [4.69, 9.17) is 27.6 Å². The summed E-state index contributed by atoms with van der Waals surface area (Å²) in [6, 6.07) is 7.03. The predicted octanol–water partition coefficient (Wildman–Crippen LogP) is 5.18. The highest BCUT2D eigenvalue weighted by atomic mass is 35.5. The van der Waals surface area contributed by atoms with Crippen molar-refractivity contribution in [1.82, 2.24) is 4.98 Å². The maximum absolute atomic E-state index is 12.8. The molecule has 8 heteroatoms. The maximum atomic E-state index is 12.8. The molecule has 3 nitrogen and oxygen atoms in total. The first-order valence-electron chi connectivity index (χ1n) is 6.23. The molecular formula is C15H6Cl2F3NO2. The third kappa shape index (κ3) is 3.04. The van der Waals surface area contributed by atoms with Crippen LogP contribution >= 0.6 is 23.2 Å². The molecule has 2 aromatic carbocycles. The van der Waals surface area contributed by atoms with Crippen molar-refractivity contribution >= 4 is 34.1 Å². The van der Waals surface area contributed by atoms with Crippen LogP contribution in [0.1, 0.15) is 5.56 Å². The zero-order valence-corrected chi connectivity index (χ0v) is 12.6. The van der Waals surface area contributed by atoms with Crippen molar-refractivity contribution in [1.29, 1.82) is 0 Å². The molecule has 1 aromatic heterocycles. The van der Waals surface area contributed by atoms with Gasteiger partial charge in [-0.2, -0.15) is 13.2 Å². The van der Waals surface area contributed by atoms with Crippen LogP contribution < -0.4 is 5.63 Å². The number of fused-ring (bicyclic) bond motifs is 1. The average molecular weight is 360 g/mol. The number of aromatic nitrogens is 1. The van der Waals surface area contributed by atoms with Gasteiger partial charge in [0.15, 0.2) is 0 Å². The quantitative estimate of drug-likeness (QED) is 0.601. The van der Waals surface area contributed by atoms with E-state index in [1.807, 2.05) is 0 Å². The van der Waals surface area contributed by atoms with Crippen LogP contribution in [0.5, 0.6) is 0 Å². The van der Waals surface area contributed by atoms with E-state index in [2.05, 4.69) is 4.98 Å². The Bertz CT molecular complexity index is 967. The minimum atomic E-state index is -4.52. The van der Waals surface area contributed by atoms with Crippen LogP contribution in [0.2, 0.25) is 10.0 Å². The molecule has 0 saturated carbocycles. The van der Waals surface area contributed by atoms with E-state index in [0.29, 0.717) is 0 Å². The van der Waals surface area contributed by atoms with Gasteiger partial charge in [0.1, 0.15) is 5.52 Å². The normalized spacial score (nSPS) is 11.9. The van der Waals surface area contributed by atoms with E-state index in [9.17, 15) is 18.0 Å². The highest BCUT2D eigenvalue weighted by molar-refractivity contribution is 6.38. The van der Waals surface area contributed by atoms with Gasteiger partial charge >= 0.3 is 11.8 Å². The summed E-state index contributed by atoms with van der Waals surface area (Å²) < 4.78 is 43.3. The maximum Gasteiger partial charge on any atom is 0.416 e. The Morgan fingerprint density at radius 1 is 1.09 bits per heavy atom. The van der Waals surface area contributed by atoms with E-state index in [0.717, 1.165) is 12.1 Å². The molecule has 0 aliphatic heterocycles. The van der Waals surface area contributed by atoms with Gasteiger partial charge in [0.2, 0.25) is 5.89 Å². The zero-order chi connectivity index (χ0) is 16.8. The molecule has 0 bridgehead atoms. The molecule has 0 N–H and O–H groups in total. The second kappa shape index (κ2) is 5.54. The lowest BCUT2D eigenvalue weighted by molar-refractivity contribution is -0.137. The second-order valence-electron chi connectivity index (χ2n) is 4.67. The van der Waals surface area contributed by atoms with Crippen molar-refractivity contribution in [2.45, 2.75) is 6.18 Å². The number of hydrogen-bond donors (Lipinski definition) is 0. The zero-order valence-electron chi connectivity index (χ0n) is 11.1. The van der Waals surface area contributed by atoms with Crippen molar-refractivity contribution in [3.8, 4) is 11.5 Å². The summed E-state index contributed by atoms with van der Waals surface area (Å²) in [5.74, 6) is -0.252. The van der Waals surface area contributed by atoms with Gasteiger partial charge in [0.25, 0.3) is 0 Å². The lowest BCUT2D eigenvalue weighted by Gasteiger charge is -2.08. The summed E-state index contributed by atoms with van der Waals surface area (Å²) in [5, 5.41) is 0.385. The third-order valence-electron chi connectivity index (χ3n) is 3.09. The molecule has 0 spiro atoms. The van der Waals surface area contributed by atoms with Gasteiger partial charge < -0.3 is 4.42 Å². The van der Waals surface area contributed by atoms with Crippen LogP contribution in [-0.2, 0) is 6.18 Å². The molecule has 0 aliphatic rings. The molecule has 0 aliphatic carbocycles. The third-order valence-corrected chi connectivity index (χ3v) is 3.59. The molecule has 0 radical (unpaired) electrons. The first kappa shape index (κ1) is 15.8. The molecule has 3 rings (SSSR count). The van der Waals surface area contributed by atoms with Crippen LogP contribution in [0, 0.1) is 0 Å². The summed E-state index contributed by atoms with van der Waals surface area (Å²) >= 11 is 11.8. The molecule has 1 heterocycles. The fourth-order valence-electron chi connectivity index (χ4n) is 2.05. The van der Waals surface area contributed by atoms with E-state index in [1.165, 1.54) is 24.3 Å². The largest absolute Gasteiger partial charge is 0.416 e. The Morgan fingerprint density at radius 2 is 1.83 bits per heavy atom. The van der Waals surface area contributed by atoms with Crippen LogP contribution in [0.3, 0.4) is 0 Å². The van der Waals surface area contributed by atoms with Crippen LogP contribution in [0.25, 0.3) is 22.4 Å². The number of rotatable bonds is 1. The van der Waals surface area contributed by atoms with Gasteiger partial charge in [-0.15, -0.1) is 0 Å². The average Bonchev–Trinajstić information content (AvgIpc) is 2.47. The smallest absolute Gasteiger partial charge is 0.403 e. The minimum Gasteiger partial charge on any atom is -0.403 e. The molecule has 3 aromatic rings. The summed E-state index contributed by atoms with van der Waals surface area (Å²) in [4.78, 5) is 16.1. The summed E-state index contributed by atoms with van der Waals surface area (Å²) in [5.41, 5.74) is -1.53. The Balaban J connectivity index is 2.24. The van der Waals surface area contributed by atoms with Crippen LogP contribution in [0.15, 0.2) is 45.6 Å².